The molecule has 10 nitrogen and oxygen atoms in total. The second-order valence-electron chi connectivity index (χ2n) is 12.0. The molecule has 0 bridgehead atoms. The number of nitrogens with zero attached hydrogens (tertiary/aromatic N) is 5. The Labute approximate surface area is 258 Å². The molecular weight excluding hydrogens is 591 g/mol. The summed E-state index contributed by atoms with van der Waals surface area (Å²) in [7, 11) is 3.17. The van der Waals surface area contributed by atoms with Crippen LogP contribution in [0.4, 0.5) is 18.0 Å². The van der Waals surface area contributed by atoms with Crippen LogP contribution in [0.5, 0.6) is 11.5 Å². The van der Waals surface area contributed by atoms with Crippen LogP contribution in [-0.4, -0.2) is 75.5 Å². The summed E-state index contributed by atoms with van der Waals surface area (Å²) >= 11 is 0. The number of ether oxygens (including phenoxy) is 3. The van der Waals surface area contributed by atoms with Gasteiger partial charge in [-0.2, -0.15) is 5.10 Å². The second-order valence-corrected chi connectivity index (χ2v) is 12.0. The average molecular weight is 628 g/mol. The van der Waals surface area contributed by atoms with Crippen LogP contribution in [0.1, 0.15) is 31.9 Å². The first-order chi connectivity index (χ1) is 21.2. The maximum atomic E-state index is 13.6. The fourth-order valence-electron chi connectivity index (χ4n) is 5.28. The molecule has 13 heteroatoms. The Kier molecular flexibility index (Phi) is 8.83. The Morgan fingerprint density at radius 3 is 2.29 bits per heavy atom. The molecule has 0 radical (unpaired) electrons. The molecule has 3 heterocycles. The number of aromatic nitrogens is 3. The molecule has 5 rings (SSSR count). The number of piperazine rings is 1. The Morgan fingerprint density at radius 1 is 0.978 bits per heavy atom. The first-order valence-electron chi connectivity index (χ1n) is 14.5. The first kappa shape index (κ1) is 31.9. The molecule has 240 valence electrons. The zero-order valence-electron chi connectivity index (χ0n) is 25.8. The lowest BCUT2D eigenvalue weighted by atomic mass is 10.0. The lowest BCUT2D eigenvalue weighted by Gasteiger charge is -2.35. The predicted molar refractivity (Wildman–Crippen MR) is 162 cm³/mol. The fraction of sp³-hybridized carbons (Fsp3) is 0.406. The highest BCUT2D eigenvalue weighted by Crippen LogP contribution is 2.35. The highest BCUT2D eigenvalue weighted by Gasteiger charge is 2.33. The summed E-state index contributed by atoms with van der Waals surface area (Å²) in [6, 6.07) is 12.0. The number of carbonyl (C=O) groups is 1. The molecule has 0 spiro atoms. The summed E-state index contributed by atoms with van der Waals surface area (Å²) < 4.78 is 58.9. The monoisotopic (exact) mass is 627 g/mol. The van der Waals surface area contributed by atoms with Gasteiger partial charge in [-0.15, -0.1) is 13.2 Å². The van der Waals surface area contributed by atoms with Crippen molar-refractivity contribution in [2.24, 2.45) is 7.05 Å². The molecular formula is C32H36F3N5O5. The van der Waals surface area contributed by atoms with Gasteiger partial charge in [0.15, 0.2) is 0 Å². The first-order valence-corrected chi connectivity index (χ1v) is 14.5. The van der Waals surface area contributed by atoms with E-state index in [0.717, 1.165) is 5.56 Å². The molecule has 2 aromatic carbocycles. The molecule has 0 atom stereocenters. The molecule has 1 aliphatic heterocycles. The number of methoxy groups -OCH3 is 1. The van der Waals surface area contributed by atoms with Crippen LogP contribution in [0.2, 0.25) is 0 Å². The van der Waals surface area contributed by atoms with E-state index in [4.69, 9.17) is 9.47 Å². The molecule has 0 saturated carbocycles. The molecule has 4 aromatic rings. The maximum absolute atomic E-state index is 13.6. The Balaban J connectivity index is 1.42. The van der Waals surface area contributed by atoms with Crippen LogP contribution in [0, 0.1) is 0 Å². The van der Waals surface area contributed by atoms with Gasteiger partial charge >= 0.3 is 12.5 Å². The minimum atomic E-state index is -4.91. The normalized spacial score (nSPS) is 14.5. The molecule has 0 unspecified atom stereocenters. The molecule has 1 aliphatic rings. The van der Waals surface area contributed by atoms with E-state index in [2.05, 4.69) is 9.84 Å². The van der Waals surface area contributed by atoms with Crippen molar-refractivity contribution in [2.75, 3.05) is 33.3 Å². The lowest BCUT2D eigenvalue weighted by molar-refractivity contribution is -0.275. The molecule has 1 amide bonds. The standard InChI is InChI=1S/C32H36F3N5O5/c1-31(2,3)45-30(42)39-14-12-38(13-15-39)19-23-9-8-22(16-27(23)44-32(33,34)35)26-20-37(4)29(41)28-25(26)17-36-40(28)18-21-6-10-24(43-5)11-7-21/h6-11,16-17,20H,12-15,18-19H2,1-5H3. The number of alkyl halides is 3. The second kappa shape index (κ2) is 12.5. The van der Waals surface area contributed by atoms with Crippen LogP contribution >= 0.6 is 0 Å². The summed E-state index contributed by atoms with van der Waals surface area (Å²) in [6.45, 7) is 7.58. The van der Waals surface area contributed by atoms with E-state index < -0.39 is 18.1 Å². The van der Waals surface area contributed by atoms with Gasteiger partial charge in [0.25, 0.3) is 5.56 Å². The molecule has 0 N–H and O–H groups in total. The number of amides is 1. The summed E-state index contributed by atoms with van der Waals surface area (Å²) in [5, 5.41) is 4.96. The Bertz CT molecular complexity index is 1730. The highest BCUT2D eigenvalue weighted by atomic mass is 19.4. The zero-order chi connectivity index (χ0) is 32.5. The molecule has 0 aliphatic carbocycles. The van der Waals surface area contributed by atoms with Gasteiger partial charge in [0.05, 0.1) is 19.9 Å². The van der Waals surface area contributed by atoms with E-state index in [1.165, 1.54) is 10.6 Å². The van der Waals surface area contributed by atoms with E-state index in [0.29, 0.717) is 66.1 Å². The van der Waals surface area contributed by atoms with E-state index >= 15 is 0 Å². The van der Waals surface area contributed by atoms with Crippen LogP contribution in [0.25, 0.3) is 22.0 Å². The predicted octanol–water partition coefficient (Wildman–Crippen LogP) is 5.41. The van der Waals surface area contributed by atoms with Crippen molar-refractivity contribution in [3.8, 4) is 22.6 Å². The van der Waals surface area contributed by atoms with Crippen molar-refractivity contribution < 1.29 is 32.2 Å². The quantitative estimate of drug-likeness (QED) is 0.271. The number of fused-ring (bicyclic) bond motifs is 1. The number of hydrogen-bond acceptors (Lipinski definition) is 7. The molecule has 1 fully saturated rings. The number of rotatable bonds is 7. The van der Waals surface area contributed by atoms with Gasteiger partial charge in [-0.3, -0.25) is 14.4 Å². The minimum absolute atomic E-state index is 0.191. The van der Waals surface area contributed by atoms with Gasteiger partial charge in [0.1, 0.15) is 22.6 Å². The van der Waals surface area contributed by atoms with Gasteiger partial charge in [0.2, 0.25) is 0 Å². The number of aryl methyl sites for hydroxylation is 1. The highest BCUT2D eigenvalue weighted by molar-refractivity contribution is 5.94. The fourth-order valence-corrected chi connectivity index (χ4v) is 5.28. The topological polar surface area (TPSA) is 91.1 Å². The van der Waals surface area contributed by atoms with Crippen molar-refractivity contribution in [1.29, 1.82) is 0 Å². The molecule has 45 heavy (non-hydrogen) atoms. The lowest BCUT2D eigenvalue weighted by Crippen LogP contribution is -2.49. The van der Waals surface area contributed by atoms with Crippen LogP contribution < -0.4 is 15.0 Å². The summed E-state index contributed by atoms with van der Waals surface area (Å²) in [5.74, 6) is 0.368. The van der Waals surface area contributed by atoms with Crippen LogP contribution in [0.3, 0.4) is 0 Å². The van der Waals surface area contributed by atoms with Crippen molar-refractivity contribution in [1.82, 2.24) is 24.1 Å². The average Bonchev–Trinajstić information content (AvgIpc) is 3.38. The number of benzene rings is 2. The maximum Gasteiger partial charge on any atom is 0.573 e. The third kappa shape index (κ3) is 7.59. The Morgan fingerprint density at radius 2 is 1.67 bits per heavy atom. The molecule has 1 saturated heterocycles. The van der Waals surface area contributed by atoms with Gasteiger partial charge in [-0.1, -0.05) is 24.3 Å². The van der Waals surface area contributed by atoms with Crippen molar-refractivity contribution in [3.05, 3.63) is 76.3 Å². The van der Waals surface area contributed by atoms with E-state index in [1.807, 2.05) is 29.2 Å². The van der Waals surface area contributed by atoms with Gasteiger partial charge in [-0.25, -0.2) is 4.79 Å². The number of hydrogen-bond donors (Lipinski definition) is 0. The number of halogens is 3. The molecule has 2 aromatic heterocycles. The Hall–Kier alpha value is -4.52. The summed E-state index contributed by atoms with van der Waals surface area (Å²) in [5.41, 5.74) is 1.65. The van der Waals surface area contributed by atoms with E-state index in [1.54, 1.807) is 69.0 Å². The van der Waals surface area contributed by atoms with Crippen molar-refractivity contribution in [2.45, 2.75) is 45.8 Å². The number of carbonyl (C=O) groups excluding carboxylic acids is 1. The van der Waals surface area contributed by atoms with Crippen molar-refractivity contribution >= 4 is 17.0 Å². The zero-order valence-corrected chi connectivity index (χ0v) is 25.8. The summed E-state index contributed by atoms with van der Waals surface area (Å²) in [4.78, 5) is 29.2. The third-order valence-corrected chi connectivity index (χ3v) is 7.49. The smallest absolute Gasteiger partial charge is 0.497 e. The van der Waals surface area contributed by atoms with E-state index in [-0.39, 0.29) is 17.9 Å². The number of pyridine rings is 1. The van der Waals surface area contributed by atoms with Crippen molar-refractivity contribution in [3.63, 3.8) is 0 Å². The largest absolute Gasteiger partial charge is 0.573 e. The SMILES string of the molecule is COc1ccc(Cn2ncc3c(-c4ccc(CN5CCN(C(=O)OC(C)(C)C)CC5)c(OC(F)(F)F)c4)cn(C)c(=O)c32)cc1. The van der Waals surface area contributed by atoms with Gasteiger partial charge in [-0.05, 0) is 50.1 Å². The van der Waals surface area contributed by atoms with E-state index in [9.17, 15) is 22.8 Å². The van der Waals surface area contributed by atoms with Crippen LogP contribution in [0.15, 0.2) is 59.7 Å². The summed E-state index contributed by atoms with van der Waals surface area (Å²) in [6.07, 6.45) is -2.18. The minimum Gasteiger partial charge on any atom is -0.497 e. The van der Waals surface area contributed by atoms with Crippen LogP contribution in [-0.2, 0) is 24.9 Å². The van der Waals surface area contributed by atoms with Gasteiger partial charge < -0.3 is 23.7 Å². The third-order valence-electron chi connectivity index (χ3n) is 7.49. The van der Waals surface area contributed by atoms with Gasteiger partial charge in [0, 0.05) is 62.5 Å².